The molecule has 1 aliphatic rings. The van der Waals surface area contributed by atoms with E-state index in [9.17, 15) is 4.39 Å². The quantitative estimate of drug-likeness (QED) is 0.812. The van der Waals surface area contributed by atoms with Crippen LogP contribution in [0.2, 0.25) is 0 Å². The molecule has 0 aliphatic carbocycles. The molecule has 0 bridgehead atoms. The van der Waals surface area contributed by atoms with E-state index in [-0.39, 0.29) is 5.82 Å². The summed E-state index contributed by atoms with van der Waals surface area (Å²) in [6, 6.07) is 14.7. The van der Waals surface area contributed by atoms with Gasteiger partial charge in [0.2, 0.25) is 0 Å². The van der Waals surface area contributed by atoms with Crippen molar-refractivity contribution in [3.05, 3.63) is 65.5 Å². The number of nitrogens with zero attached hydrogens (tertiary/aromatic N) is 1. The summed E-state index contributed by atoms with van der Waals surface area (Å²) in [6.07, 6.45) is 4.02. The van der Waals surface area contributed by atoms with Crippen LogP contribution in [0.1, 0.15) is 30.4 Å². The van der Waals surface area contributed by atoms with Gasteiger partial charge in [-0.25, -0.2) is 4.39 Å². The highest BCUT2D eigenvalue weighted by Crippen LogP contribution is 2.16. The number of piperidine rings is 1. The van der Waals surface area contributed by atoms with Crippen molar-refractivity contribution in [3.63, 3.8) is 0 Å². The number of halogens is 1. The average molecular weight is 299 g/mol. The smallest absolute Gasteiger partial charge is 0.123 e. The Morgan fingerprint density at radius 1 is 0.818 bits per heavy atom. The zero-order chi connectivity index (χ0) is 15.2. The van der Waals surface area contributed by atoms with Crippen molar-refractivity contribution in [2.45, 2.75) is 32.4 Å². The first-order valence-electron chi connectivity index (χ1n) is 7.98. The third-order valence-corrected chi connectivity index (χ3v) is 4.10. The third kappa shape index (κ3) is 4.31. The molecule has 2 aromatic rings. The van der Waals surface area contributed by atoms with Gasteiger partial charge in [0, 0.05) is 6.54 Å². The minimum Gasteiger partial charge on any atom is -0.489 e. The molecule has 0 atom stereocenters. The van der Waals surface area contributed by atoms with Crippen molar-refractivity contribution in [1.29, 1.82) is 0 Å². The lowest BCUT2D eigenvalue weighted by atomic mass is 10.1. The number of likely N-dealkylation sites (tertiary alicyclic amines) is 1. The summed E-state index contributed by atoms with van der Waals surface area (Å²) in [5.74, 6) is 0.452. The van der Waals surface area contributed by atoms with E-state index >= 15 is 0 Å². The molecule has 0 aromatic heterocycles. The lowest BCUT2D eigenvalue weighted by Crippen LogP contribution is -2.29. The summed E-state index contributed by atoms with van der Waals surface area (Å²) >= 11 is 0. The van der Waals surface area contributed by atoms with Gasteiger partial charge in [-0.1, -0.05) is 30.7 Å². The Hall–Kier alpha value is -1.87. The number of hydrogen-bond acceptors (Lipinski definition) is 2. The van der Waals surface area contributed by atoms with Crippen molar-refractivity contribution in [1.82, 2.24) is 4.90 Å². The zero-order valence-corrected chi connectivity index (χ0v) is 12.8. The SMILES string of the molecule is Fc1ccc(OCc2ccc(CN3CCCCC3)cc2)cc1. The first-order valence-corrected chi connectivity index (χ1v) is 7.98. The molecule has 1 heterocycles. The van der Waals surface area contributed by atoms with E-state index < -0.39 is 0 Å². The van der Waals surface area contributed by atoms with Crippen LogP contribution in [0.4, 0.5) is 4.39 Å². The molecule has 3 rings (SSSR count). The molecular weight excluding hydrogens is 277 g/mol. The summed E-state index contributed by atoms with van der Waals surface area (Å²) in [4.78, 5) is 2.52. The van der Waals surface area contributed by atoms with E-state index in [1.807, 2.05) is 0 Å². The molecule has 3 heteroatoms. The van der Waals surface area contributed by atoms with Crippen molar-refractivity contribution < 1.29 is 9.13 Å². The molecular formula is C19H22FNO. The first kappa shape index (κ1) is 15.0. The first-order chi connectivity index (χ1) is 10.8. The maximum Gasteiger partial charge on any atom is 0.123 e. The Morgan fingerprint density at radius 2 is 1.45 bits per heavy atom. The van der Waals surface area contributed by atoms with Crippen molar-refractivity contribution >= 4 is 0 Å². The summed E-state index contributed by atoms with van der Waals surface area (Å²) in [6.45, 7) is 3.99. The van der Waals surface area contributed by atoms with Gasteiger partial charge in [0.05, 0.1) is 0 Å². The lowest BCUT2D eigenvalue weighted by molar-refractivity contribution is 0.221. The Morgan fingerprint density at radius 3 is 2.14 bits per heavy atom. The summed E-state index contributed by atoms with van der Waals surface area (Å²) in [5.41, 5.74) is 2.49. The highest BCUT2D eigenvalue weighted by atomic mass is 19.1. The van der Waals surface area contributed by atoms with Gasteiger partial charge in [0.25, 0.3) is 0 Å². The molecule has 1 aliphatic heterocycles. The van der Waals surface area contributed by atoms with Gasteiger partial charge in [-0.05, 0) is 61.3 Å². The summed E-state index contributed by atoms with van der Waals surface area (Å²) in [5, 5.41) is 0. The van der Waals surface area contributed by atoms with Crippen molar-refractivity contribution in [2.75, 3.05) is 13.1 Å². The fraction of sp³-hybridized carbons (Fsp3) is 0.368. The normalized spacial score (nSPS) is 15.7. The Balaban J connectivity index is 1.51. The molecule has 0 unspecified atom stereocenters. The predicted molar refractivity (Wildman–Crippen MR) is 86.3 cm³/mol. The second kappa shape index (κ2) is 7.41. The molecule has 0 amide bonds. The second-order valence-electron chi connectivity index (χ2n) is 5.90. The fourth-order valence-corrected chi connectivity index (χ4v) is 2.81. The van der Waals surface area contributed by atoms with E-state index in [1.54, 1.807) is 12.1 Å². The number of benzene rings is 2. The highest BCUT2D eigenvalue weighted by molar-refractivity contribution is 5.25. The molecule has 0 N–H and O–H groups in total. The van der Waals surface area contributed by atoms with Gasteiger partial charge >= 0.3 is 0 Å². The number of hydrogen-bond donors (Lipinski definition) is 0. The van der Waals surface area contributed by atoms with E-state index in [1.165, 1.54) is 50.0 Å². The van der Waals surface area contributed by atoms with Crippen LogP contribution >= 0.6 is 0 Å². The molecule has 2 nitrogen and oxygen atoms in total. The maximum atomic E-state index is 12.8. The Labute approximate surface area is 131 Å². The monoisotopic (exact) mass is 299 g/mol. The molecule has 2 aromatic carbocycles. The minimum atomic E-state index is -0.241. The molecule has 116 valence electrons. The third-order valence-electron chi connectivity index (χ3n) is 4.10. The Bertz CT molecular complexity index is 573. The zero-order valence-electron chi connectivity index (χ0n) is 12.8. The van der Waals surface area contributed by atoms with E-state index in [2.05, 4.69) is 29.2 Å². The van der Waals surface area contributed by atoms with E-state index in [0.717, 1.165) is 12.1 Å². The van der Waals surface area contributed by atoms with Gasteiger partial charge in [-0.2, -0.15) is 0 Å². The van der Waals surface area contributed by atoms with E-state index in [0.29, 0.717) is 12.4 Å². The topological polar surface area (TPSA) is 12.5 Å². The van der Waals surface area contributed by atoms with Gasteiger partial charge in [-0.3, -0.25) is 4.90 Å². The molecule has 0 spiro atoms. The van der Waals surface area contributed by atoms with Gasteiger partial charge in [0.15, 0.2) is 0 Å². The van der Waals surface area contributed by atoms with Crippen LogP contribution in [0.3, 0.4) is 0 Å². The summed E-state index contributed by atoms with van der Waals surface area (Å²) in [7, 11) is 0. The summed E-state index contributed by atoms with van der Waals surface area (Å²) < 4.78 is 18.5. The number of ether oxygens (including phenoxy) is 1. The molecule has 0 saturated carbocycles. The van der Waals surface area contributed by atoms with Gasteiger partial charge in [-0.15, -0.1) is 0 Å². The van der Waals surface area contributed by atoms with Crippen LogP contribution in [-0.2, 0) is 13.2 Å². The van der Waals surface area contributed by atoms with Crippen molar-refractivity contribution in [2.24, 2.45) is 0 Å². The standard InChI is InChI=1S/C19H22FNO/c20-18-8-10-19(11-9-18)22-15-17-6-4-16(5-7-17)14-21-12-2-1-3-13-21/h4-11H,1-3,12-15H2. The predicted octanol–water partition coefficient (Wildman–Crippen LogP) is 4.39. The van der Waals surface area contributed by atoms with Crippen LogP contribution in [0, 0.1) is 5.82 Å². The second-order valence-corrected chi connectivity index (χ2v) is 5.90. The maximum absolute atomic E-state index is 12.8. The van der Waals surface area contributed by atoms with Crippen molar-refractivity contribution in [3.8, 4) is 5.75 Å². The van der Waals surface area contributed by atoms with Gasteiger partial charge in [0.1, 0.15) is 18.2 Å². The lowest BCUT2D eigenvalue weighted by Gasteiger charge is -2.26. The average Bonchev–Trinajstić information content (AvgIpc) is 2.57. The number of rotatable bonds is 5. The molecule has 22 heavy (non-hydrogen) atoms. The van der Waals surface area contributed by atoms with Crippen LogP contribution < -0.4 is 4.74 Å². The van der Waals surface area contributed by atoms with Gasteiger partial charge < -0.3 is 4.74 Å². The van der Waals surface area contributed by atoms with E-state index in [4.69, 9.17) is 4.74 Å². The largest absolute Gasteiger partial charge is 0.489 e. The Kier molecular flexibility index (Phi) is 5.07. The van der Waals surface area contributed by atoms with Crippen LogP contribution in [0.5, 0.6) is 5.75 Å². The molecule has 1 saturated heterocycles. The van der Waals surface area contributed by atoms with Crippen LogP contribution in [0.15, 0.2) is 48.5 Å². The minimum absolute atomic E-state index is 0.241. The van der Waals surface area contributed by atoms with Crippen LogP contribution in [-0.4, -0.2) is 18.0 Å². The molecule has 0 radical (unpaired) electrons. The van der Waals surface area contributed by atoms with Crippen LogP contribution in [0.25, 0.3) is 0 Å². The molecule has 1 fully saturated rings. The fourth-order valence-electron chi connectivity index (χ4n) is 2.81. The highest BCUT2D eigenvalue weighted by Gasteiger charge is 2.10.